The van der Waals surface area contributed by atoms with Gasteiger partial charge in [0.2, 0.25) is 0 Å². The summed E-state index contributed by atoms with van der Waals surface area (Å²) in [6.07, 6.45) is 1.01. The summed E-state index contributed by atoms with van der Waals surface area (Å²) in [7, 11) is 4.27. The summed E-state index contributed by atoms with van der Waals surface area (Å²) in [6.45, 7) is 6.02. The van der Waals surface area contributed by atoms with E-state index >= 15 is 0 Å². The first-order valence-electron chi connectivity index (χ1n) is 5.09. The number of rotatable bonds is 3. The number of hydrogen-bond acceptors (Lipinski definition) is 3. The molecule has 13 heavy (non-hydrogen) atoms. The number of likely N-dealkylation sites (tertiary alicyclic amines) is 1. The molecule has 0 aromatic carbocycles. The van der Waals surface area contributed by atoms with Crippen molar-refractivity contribution < 1.29 is 5.11 Å². The van der Waals surface area contributed by atoms with Gasteiger partial charge in [0.05, 0.1) is 6.10 Å². The number of aliphatic hydroxyl groups excluding tert-OH is 1. The second kappa shape index (κ2) is 4.40. The molecule has 1 rings (SSSR count). The third kappa shape index (κ3) is 2.93. The van der Waals surface area contributed by atoms with Crippen LogP contribution in [-0.2, 0) is 0 Å². The van der Waals surface area contributed by atoms with Gasteiger partial charge in [-0.05, 0) is 34.4 Å². The molecule has 78 valence electrons. The lowest BCUT2D eigenvalue weighted by molar-refractivity contribution is 0.119. The first-order chi connectivity index (χ1) is 6.00. The predicted octanol–water partition coefficient (Wildman–Crippen LogP) is 0.392. The number of likely N-dealkylation sites (N-methyl/N-ethyl adjacent to an activating group) is 2. The second-order valence-electron chi connectivity index (χ2n) is 4.47. The monoisotopic (exact) mass is 186 g/mol. The molecule has 0 amide bonds. The van der Waals surface area contributed by atoms with Crippen LogP contribution >= 0.6 is 0 Å². The summed E-state index contributed by atoms with van der Waals surface area (Å²) in [5.41, 5.74) is 0. The zero-order valence-corrected chi connectivity index (χ0v) is 9.20. The molecule has 0 radical (unpaired) electrons. The van der Waals surface area contributed by atoms with Crippen LogP contribution in [0.15, 0.2) is 0 Å². The zero-order valence-electron chi connectivity index (χ0n) is 9.20. The maximum absolute atomic E-state index is 9.26. The van der Waals surface area contributed by atoms with Gasteiger partial charge in [-0.2, -0.15) is 0 Å². The van der Waals surface area contributed by atoms with E-state index in [0.717, 1.165) is 13.1 Å². The quantitative estimate of drug-likeness (QED) is 0.691. The summed E-state index contributed by atoms with van der Waals surface area (Å²) in [6, 6.07) is 1.30. The van der Waals surface area contributed by atoms with Gasteiger partial charge in [0.1, 0.15) is 0 Å². The molecule has 0 aliphatic carbocycles. The Kier molecular flexibility index (Phi) is 3.71. The second-order valence-corrected chi connectivity index (χ2v) is 4.47. The van der Waals surface area contributed by atoms with Crippen molar-refractivity contribution in [2.75, 3.05) is 27.2 Å². The minimum atomic E-state index is -0.216. The van der Waals surface area contributed by atoms with Crippen molar-refractivity contribution >= 4 is 0 Å². The first-order valence-corrected chi connectivity index (χ1v) is 5.09. The normalized spacial score (nSPS) is 32.8. The molecule has 0 saturated carbocycles. The van der Waals surface area contributed by atoms with E-state index < -0.39 is 0 Å². The Bertz CT molecular complexity index is 151. The van der Waals surface area contributed by atoms with Crippen LogP contribution in [0.1, 0.15) is 20.3 Å². The Labute approximate surface area is 81.3 Å². The Morgan fingerprint density at radius 3 is 2.62 bits per heavy atom. The van der Waals surface area contributed by atoms with E-state index in [4.69, 9.17) is 0 Å². The van der Waals surface area contributed by atoms with Crippen molar-refractivity contribution in [1.29, 1.82) is 0 Å². The maximum atomic E-state index is 9.26. The highest BCUT2D eigenvalue weighted by molar-refractivity contribution is 4.86. The van der Waals surface area contributed by atoms with Crippen LogP contribution in [-0.4, -0.2) is 60.3 Å². The SMILES string of the molecule is CC(O)CN(C)C1CC(C)N(C)C1. The van der Waals surface area contributed by atoms with Crippen molar-refractivity contribution in [3.05, 3.63) is 0 Å². The Hall–Kier alpha value is -0.120. The molecule has 0 spiro atoms. The molecule has 1 aliphatic rings. The number of aliphatic hydroxyl groups is 1. The van der Waals surface area contributed by atoms with Crippen molar-refractivity contribution in [3.63, 3.8) is 0 Å². The third-order valence-corrected chi connectivity index (χ3v) is 3.04. The third-order valence-electron chi connectivity index (χ3n) is 3.04. The molecule has 1 fully saturated rings. The molecule has 3 nitrogen and oxygen atoms in total. The van der Waals surface area contributed by atoms with Crippen molar-refractivity contribution in [2.45, 2.75) is 38.5 Å². The smallest absolute Gasteiger partial charge is 0.0639 e. The summed E-state index contributed by atoms with van der Waals surface area (Å²) >= 11 is 0. The molecule has 1 saturated heterocycles. The molecular formula is C10H22N2O. The van der Waals surface area contributed by atoms with E-state index in [1.54, 1.807) is 0 Å². The molecule has 3 heteroatoms. The first kappa shape index (κ1) is 11.0. The predicted molar refractivity (Wildman–Crippen MR) is 54.8 cm³/mol. The molecule has 1 aliphatic heterocycles. The summed E-state index contributed by atoms with van der Waals surface area (Å²) in [5.74, 6) is 0. The minimum absolute atomic E-state index is 0.216. The van der Waals surface area contributed by atoms with E-state index in [0.29, 0.717) is 12.1 Å². The Balaban J connectivity index is 2.37. The van der Waals surface area contributed by atoms with Gasteiger partial charge in [-0.3, -0.25) is 4.90 Å². The fourth-order valence-electron chi connectivity index (χ4n) is 2.05. The highest BCUT2D eigenvalue weighted by Crippen LogP contribution is 2.19. The largest absolute Gasteiger partial charge is 0.392 e. The number of nitrogens with zero attached hydrogens (tertiary/aromatic N) is 2. The fraction of sp³-hybridized carbons (Fsp3) is 1.00. The Morgan fingerprint density at radius 1 is 1.62 bits per heavy atom. The molecule has 0 aromatic rings. The lowest BCUT2D eigenvalue weighted by atomic mass is 10.1. The minimum Gasteiger partial charge on any atom is -0.392 e. The van der Waals surface area contributed by atoms with E-state index in [2.05, 4.69) is 30.8 Å². The van der Waals surface area contributed by atoms with E-state index in [1.807, 2.05) is 6.92 Å². The van der Waals surface area contributed by atoms with Crippen LogP contribution in [0.25, 0.3) is 0 Å². The van der Waals surface area contributed by atoms with Crippen LogP contribution < -0.4 is 0 Å². The summed E-state index contributed by atoms with van der Waals surface area (Å²) < 4.78 is 0. The van der Waals surface area contributed by atoms with Crippen molar-refractivity contribution in [2.24, 2.45) is 0 Å². The van der Waals surface area contributed by atoms with Gasteiger partial charge >= 0.3 is 0 Å². The van der Waals surface area contributed by atoms with Gasteiger partial charge in [0.15, 0.2) is 0 Å². The van der Waals surface area contributed by atoms with Crippen molar-refractivity contribution in [1.82, 2.24) is 9.80 Å². The molecule has 0 aromatic heterocycles. The summed E-state index contributed by atoms with van der Waals surface area (Å²) in [5, 5.41) is 9.26. The molecule has 0 bridgehead atoms. The van der Waals surface area contributed by atoms with Gasteiger partial charge in [0, 0.05) is 25.2 Å². The zero-order chi connectivity index (χ0) is 10.0. The fourth-order valence-corrected chi connectivity index (χ4v) is 2.05. The van der Waals surface area contributed by atoms with Gasteiger partial charge in [-0.15, -0.1) is 0 Å². The van der Waals surface area contributed by atoms with Crippen LogP contribution in [0.2, 0.25) is 0 Å². The average molecular weight is 186 g/mol. The summed E-state index contributed by atoms with van der Waals surface area (Å²) in [4.78, 5) is 4.65. The van der Waals surface area contributed by atoms with E-state index in [9.17, 15) is 5.11 Å². The van der Waals surface area contributed by atoms with Gasteiger partial charge in [-0.1, -0.05) is 0 Å². The van der Waals surface area contributed by atoms with Crippen LogP contribution in [0.3, 0.4) is 0 Å². The van der Waals surface area contributed by atoms with Crippen LogP contribution in [0.4, 0.5) is 0 Å². The van der Waals surface area contributed by atoms with Gasteiger partial charge in [-0.25, -0.2) is 0 Å². The van der Waals surface area contributed by atoms with E-state index in [1.165, 1.54) is 6.42 Å². The molecular weight excluding hydrogens is 164 g/mol. The molecule has 1 N–H and O–H groups in total. The lowest BCUT2D eigenvalue weighted by Crippen LogP contribution is -2.38. The number of hydrogen-bond donors (Lipinski definition) is 1. The van der Waals surface area contributed by atoms with E-state index in [-0.39, 0.29) is 6.10 Å². The molecule has 3 atom stereocenters. The van der Waals surface area contributed by atoms with Crippen LogP contribution in [0.5, 0.6) is 0 Å². The lowest BCUT2D eigenvalue weighted by Gasteiger charge is -2.25. The van der Waals surface area contributed by atoms with Gasteiger partial charge in [0.25, 0.3) is 0 Å². The highest BCUT2D eigenvalue weighted by Gasteiger charge is 2.28. The van der Waals surface area contributed by atoms with Gasteiger partial charge < -0.3 is 10.0 Å². The maximum Gasteiger partial charge on any atom is 0.0639 e. The average Bonchev–Trinajstić information content (AvgIpc) is 2.31. The topological polar surface area (TPSA) is 26.7 Å². The Morgan fingerprint density at radius 2 is 2.23 bits per heavy atom. The molecule has 1 heterocycles. The van der Waals surface area contributed by atoms with Crippen molar-refractivity contribution in [3.8, 4) is 0 Å². The van der Waals surface area contributed by atoms with Crippen LogP contribution in [0, 0.1) is 0 Å². The molecule has 3 unspecified atom stereocenters. The standard InChI is InChI=1S/C10H22N2O/c1-8-5-10(7-11(8)3)12(4)6-9(2)13/h8-10,13H,5-7H2,1-4H3. The highest BCUT2D eigenvalue weighted by atomic mass is 16.3.